The van der Waals surface area contributed by atoms with E-state index in [2.05, 4.69) is 0 Å². The lowest BCUT2D eigenvalue weighted by atomic mass is 9.96. The minimum absolute atomic E-state index is 0.192. The molecule has 21 heavy (non-hydrogen) atoms. The molecular formula is C16H16O5. The van der Waals surface area contributed by atoms with Crippen LogP contribution < -0.4 is 9.47 Å². The highest BCUT2D eigenvalue weighted by Crippen LogP contribution is 2.49. The Morgan fingerprint density at radius 3 is 2.52 bits per heavy atom. The summed E-state index contributed by atoms with van der Waals surface area (Å²) < 4.78 is 11.1. The van der Waals surface area contributed by atoms with E-state index in [1.807, 2.05) is 0 Å². The number of fused-ring (bicyclic) bond motifs is 1. The van der Waals surface area contributed by atoms with Crippen LogP contribution in [0.4, 0.5) is 0 Å². The molecule has 5 heteroatoms. The van der Waals surface area contributed by atoms with Crippen molar-refractivity contribution in [3.8, 4) is 28.7 Å². The normalized spacial score (nSPS) is 16.9. The lowest BCUT2D eigenvalue weighted by Crippen LogP contribution is -2.16. The second-order valence-electron chi connectivity index (χ2n) is 4.99. The Bertz CT molecular complexity index is 663. The zero-order valence-electron chi connectivity index (χ0n) is 11.5. The van der Waals surface area contributed by atoms with Gasteiger partial charge in [0, 0.05) is 11.6 Å². The van der Waals surface area contributed by atoms with E-state index in [0.29, 0.717) is 12.2 Å². The molecule has 1 aliphatic rings. The molecule has 2 aromatic rings. The number of ether oxygens (including phenoxy) is 2. The maximum atomic E-state index is 10.0. The van der Waals surface area contributed by atoms with Gasteiger partial charge in [-0.3, -0.25) is 0 Å². The summed E-state index contributed by atoms with van der Waals surface area (Å²) in [7, 11) is 1.51. The molecule has 1 aliphatic heterocycles. The standard InChI is InChI=1S/C16H16O5/c1-20-14-8-12(18)15(19)16-11(14)6-7-13(21-16)9-2-4-10(17)5-3-9/h2-5,8,13,17-19H,6-7H2,1H3. The van der Waals surface area contributed by atoms with Crippen LogP contribution in [-0.2, 0) is 6.42 Å². The minimum Gasteiger partial charge on any atom is -0.508 e. The predicted octanol–water partition coefficient (Wildman–Crippen LogP) is 2.88. The third-order valence-electron chi connectivity index (χ3n) is 3.70. The first-order valence-corrected chi connectivity index (χ1v) is 6.67. The van der Waals surface area contributed by atoms with E-state index in [1.165, 1.54) is 13.2 Å². The van der Waals surface area contributed by atoms with Gasteiger partial charge in [0.15, 0.2) is 11.5 Å². The van der Waals surface area contributed by atoms with Crippen molar-refractivity contribution in [1.82, 2.24) is 0 Å². The number of rotatable bonds is 2. The monoisotopic (exact) mass is 288 g/mol. The van der Waals surface area contributed by atoms with Gasteiger partial charge in [-0.2, -0.15) is 0 Å². The third kappa shape index (κ3) is 2.31. The van der Waals surface area contributed by atoms with Crippen molar-refractivity contribution in [2.45, 2.75) is 18.9 Å². The van der Waals surface area contributed by atoms with Crippen LogP contribution >= 0.6 is 0 Å². The van der Waals surface area contributed by atoms with Crippen molar-refractivity contribution in [3.05, 3.63) is 41.5 Å². The maximum Gasteiger partial charge on any atom is 0.201 e. The highest BCUT2D eigenvalue weighted by molar-refractivity contribution is 5.61. The molecule has 0 aromatic heterocycles. The van der Waals surface area contributed by atoms with E-state index in [0.717, 1.165) is 17.5 Å². The maximum absolute atomic E-state index is 10.0. The number of hydrogen-bond donors (Lipinski definition) is 3. The number of hydrogen-bond acceptors (Lipinski definition) is 5. The predicted molar refractivity (Wildman–Crippen MR) is 76.1 cm³/mol. The lowest BCUT2D eigenvalue weighted by Gasteiger charge is -2.28. The summed E-state index contributed by atoms with van der Waals surface area (Å²) in [5.74, 6) is 0.420. The first kappa shape index (κ1) is 13.4. The van der Waals surface area contributed by atoms with Gasteiger partial charge in [0.1, 0.15) is 17.6 Å². The lowest BCUT2D eigenvalue weighted by molar-refractivity contribution is 0.165. The van der Waals surface area contributed by atoms with Crippen molar-refractivity contribution in [3.63, 3.8) is 0 Å². The smallest absolute Gasteiger partial charge is 0.201 e. The molecule has 0 bridgehead atoms. The molecule has 1 atom stereocenters. The van der Waals surface area contributed by atoms with Crippen LogP contribution in [0.15, 0.2) is 30.3 Å². The Kier molecular flexibility index (Phi) is 3.25. The van der Waals surface area contributed by atoms with Crippen molar-refractivity contribution >= 4 is 0 Å². The van der Waals surface area contributed by atoms with Gasteiger partial charge in [0.25, 0.3) is 0 Å². The molecule has 0 aliphatic carbocycles. The van der Waals surface area contributed by atoms with E-state index in [4.69, 9.17) is 9.47 Å². The first-order valence-electron chi connectivity index (χ1n) is 6.67. The third-order valence-corrected chi connectivity index (χ3v) is 3.70. The van der Waals surface area contributed by atoms with Gasteiger partial charge in [0.05, 0.1) is 7.11 Å². The van der Waals surface area contributed by atoms with Gasteiger partial charge < -0.3 is 24.8 Å². The van der Waals surface area contributed by atoms with Crippen molar-refractivity contribution in [1.29, 1.82) is 0 Å². The van der Waals surface area contributed by atoms with Gasteiger partial charge in [-0.05, 0) is 30.5 Å². The van der Waals surface area contributed by atoms with Crippen LogP contribution in [0, 0.1) is 0 Å². The summed E-state index contributed by atoms with van der Waals surface area (Å²) in [6.07, 6.45) is 1.14. The first-order chi connectivity index (χ1) is 10.1. The van der Waals surface area contributed by atoms with Gasteiger partial charge in [-0.15, -0.1) is 0 Å². The van der Waals surface area contributed by atoms with E-state index in [-0.39, 0.29) is 29.1 Å². The highest BCUT2D eigenvalue weighted by Gasteiger charge is 2.28. The van der Waals surface area contributed by atoms with E-state index < -0.39 is 0 Å². The molecule has 3 N–H and O–H groups in total. The molecule has 0 amide bonds. The number of benzene rings is 2. The van der Waals surface area contributed by atoms with Gasteiger partial charge >= 0.3 is 0 Å². The van der Waals surface area contributed by atoms with E-state index >= 15 is 0 Å². The molecule has 0 fully saturated rings. The number of aromatic hydroxyl groups is 3. The molecule has 1 heterocycles. The summed E-state index contributed by atoms with van der Waals surface area (Å²) >= 11 is 0. The van der Waals surface area contributed by atoms with Crippen LogP contribution in [-0.4, -0.2) is 22.4 Å². The van der Waals surface area contributed by atoms with E-state index in [1.54, 1.807) is 24.3 Å². The highest BCUT2D eigenvalue weighted by atomic mass is 16.5. The van der Waals surface area contributed by atoms with Crippen molar-refractivity contribution in [2.24, 2.45) is 0 Å². The summed E-state index contributed by atoms with van der Waals surface area (Å²) in [6.45, 7) is 0. The molecular weight excluding hydrogens is 272 g/mol. The number of methoxy groups -OCH3 is 1. The average molecular weight is 288 g/mol. The fourth-order valence-electron chi connectivity index (χ4n) is 2.60. The van der Waals surface area contributed by atoms with Crippen LogP contribution in [0.25, 0.3) is 0 Å². The zero-order valence-corrected chi connectivity index (χ0v) is 11.5. The fourth-order valence-corrected chi connectivity index (χ4v) is 2.60. The van der Waals surface area contributed by atoms with Crippen LogP contribution in [0.1, 0.15) is 23.7 Å². The SMILES string of the molecule is COc1cc(O)c(O)c2c1CCC(c1ccc(O)cc1)O2. The van der Waals surface area contributed by atoms with Crippen LogP contribution in [0.3, 0.4) is 0 Å². The molecule has 1 unspecified atom stereocenters. The Labute approximate surface area is 122 Å². The Morgan fingerprint density at radius 1 is 1.14 bits per heavy atom. The Hall–Kier alpha value is -2.56. The fraction of sp³-hybridized carbons (Fsp3) is 0.250. The largest absolute Gasteiger partial charge is 0.508 e. The topological polar surface area (TPSA) is 79.2 Å². The average Bonchev–Trinajstić information content (AvgIpc) is 2.51. The minimum atomic E-state index is -0.269. The Balaban J connectivity index is 1.98. The van der Waals surface area contributed by atoms with Gasteiger partial charge in [-0.25, -0.2) is 0 Å². The summed E-state index contributed by atoms with van der Waals surface area (Å²) in [4.78, 5) is 0. The molecule has 0 saturated heterocycles. The van der Waals surface area contributed by atoms with Crippen LogP contribution in [0.5, 0.6) is 28.7 Å². The van der Waals surface area contributed by atoms with Gasteiger partial charge in [0.2, 0.25) is 5.75 Å². The molecule has 0 spiro atoms. The summed E-state index contributed by atoms with van der Waals surface area (Å²) in [5, 5.41) is 29.1. The number of phenolic OH excluding ortho intramolecular Hbond substituents is 3. The zero-order chi connectivity index (χ0) is 15.0. The molecule has 5 nitrogen and oxygen atoms in total. The van der Waals surface area contributed by atoms with E-state index in [9.17, 15) is 15.3 Å². The Morgan fingerprint density at radius 2 is 1.86 bits per heavy atom. The quantitative estimate of drug-likeness (QED) is 0.740. The molecule has 2 aromatic carbocycles. The summed E-state index contributed by atoms with van der Waals surface area (Å²) in [5.41, 5.74) is 1.66. The molecule has 0 radical (unpaired) electrons. The van der Waals surface area contributed by atoms with Crippen molar-refractivity contribution < 1.29 is 24.8 Å². The summed E-state index contributed by atoms with van der Waals surface area (Å²) in [6, 6.07) is 8.14. The molecule has 3 rings (SSSR count). The second-order valence-corrected chi connectivity index (χ2v) is 4.99. The number of phenols is 3. The van der Waals surface area contributed by atoms with Crippen LogP contribution in [0.2, 0.25) is 0 Å². The molecule has 110 valence electrons. The van der Waals surface area contributed by atoms with Crippen molar-refractivity contribution in [2.75, 3.05) is 7.11 Å². The van der Waals surface area contributed by atoms with Gasteiger partial charge in [-0.1, -0.05) is 12.1 Å². The second kappa shape index (κ2) is 5.09. The molecule has 0 saturated carbocycles.